The first-order chi connectivity index (χ1) is 6.72. The monoisotopic (exact) mass is 200 g/mol. The van der Waals surface area contributed by atoms with Crippen molar-refractivity contribution in [3.63, 3.8) is 0 Å². The number of primary amides is 1. The van der Waals surface area contributed by atoms with Gasteiger partial charge < -0.3 is 16.4 Å². The summed E-state index contributed by atoms with van der Waals surface area (Å²) < 4.78 is 0. The summed E-state index contributed by atoms with van der Waals surface area (Å²) in [5, 5.41) is 0. The van der Waals surface area contributed by atoms with Gasteiger partial charge in [-0.15, -0.1) is 0 Å². The van der Waals surface area contributed by atoms with Crippen LogP contribution in [0, 0.1) is 0 Å². The lowest BCUT2D eigenvalue weighted by Crippen LogP contribution is -2.37. The molecule has 82 valence electrons. The fourth-order valence-electron chi connectivity index (χ4n) is 1.81. The van der Waals surface area contributed by atoms with E-state index in [-0.39, 0.29) is 5.91 Å². The average Bonchev–Trinajstić information content (AvgIpc) is 2.31. The molecule has 0 aromatic carbocycles. The Balaban J connectivity index is 2.29. The number of amides is 1. The highest BCUT2D eigenvalue weighted by Gasteiger charge is 2.14. The molecule has 14 heavy (non-hydrogen) atoms. The maximum atomic E-state index is 10.7. The van der Waals surface area contributed by atoms with Crippen molar-refractivity contribution >= 4 is 5.91 Å². The summed E-state index contributed by atoms with van der Waals surface area (Å²) in [5.41, 5.74) is 10.6. The van der Waals surface area contributed by atoms with E-state index in [9.17, 15) is 4.79 Å². The summed E-state index contributed by atoms with van der Waals surface area (Å²) in [6, 6.07) is 0. The SMILES string of the molecule is NCCN1CCCN(CC(N)=O)CC1. The molecule has 1 rings (SSSR count). The molecule has 0 atom stereocenters. The highest BCUT2D eigenvalue weighted by Crippen LogP contribution is 2.01. The van der Waals surface area contributed by atoms with Crippen LogP contribution in [0.4, 0.5) is 0 Å². The second-order valence-electron chi connectivity index (χ2n) is 3.73. The van der Waals surface area contributed by atoms with Gasteiger partial charge in [0.1, 0.15) is 0 Å². The minimum atomic E-state index is -0.239. The van der Waals surface area contributed by atoms with Crippen LogP contribution in [0.15, 0.2) is 0 Å². The Hall–Kier alpha value is -0.650. The summed E-state index contributed by atoms with van der Waals surface area (Å²) in [7, 11) is 0. The van der Waals surface area contributed by atoms with E-state index < -0.39 is 0 Å². The number of nitrogens with two attached hydrogens (primary N) is 2. The molecule has 0 aliphatic carbocycles. The molecule has 5 heteroatoms. The van der Waals surface area contributed by atoms with E-state index in [1.807, 2.05) is 0 Å². The van der Waals surface area contributed by atoms with Crippen LogP contribution in [0.5, 0.6) is 0 Å². The van der Waals surface area contributed by atoms with E-state index in [2.05, 4.69) is 9.80 Å². The predicted molar refractivity (Wildman–Crippen MR) is 55.7 cm³/mol. The Morgan fingerprint density at radius 3 is 2.43 bits per heavy atom. The number of hydrogen-bond donors (Lipinski definition) is 2. The van der Waals surface area contributed by atoms with Crippen LogP contribution in [-0.2, 0) is 4.79 Å². The molecule has 0 unspecified atom stereocenters. The quantitative estimate of drug-likeness (QED) is 0.575. The summed E-state index contributed by atoms with van der Waals surface area (Å²) in [5.74, 6) is -0.239. The van der Waals surface area contributed by atoms with E-state index >= 15 is 0 Å². The smallest absolute Gasteiger partial charge is 0.231 e. The van der Waals surface area contributed by atoms with Crippen LogP contribution >= 0.6 is 0 Å². The third kappa shape index (κ3) is 4.04. The van der Waals surface area contributed by atoms with Crippen LogP contribution in [0.25, 0.3) is 0 Å². The molecule has 0 saturated carbocycles. The molecular formula is C9H20N4O. The van der Waals surface area contributed by atoms with E-state index in [0.717, 1.165) is 39.1 Å². The minimum Gasteiger partial charge on any atom is -0.369 e. The van der Waals surface area contributed by atoms with Gasteiger partial charge in [-0.2, -0.15) is 0 Å². The summed E-state index contributed by atoms with van der Waals surface area (Å²) in [6.07, 6.45) is 1.09. The Labute approximate surface area is 85.0 Å². The second kappa shape index (κ2) is 5.95. The summed E-state index contributed by atoms with van der Waals surface area (Å²) >= 11 is 0. The molecule has 0 radical (unpaired) electrons. The van der Waals surface area contributed by atoms with Crippen molar-refractivity contribution in [3.05, 3.63) is 0 Å². The number of carbonyl (C=O) groups is 1. The van der Waals surface area contributed by atoms with Crippen molar-refractivity contribution in [1.82, 2.24) is 9.80 Å². The van der Waals surface area contributed by atoms with E-state index in [0.29, 0.717) is 13.1 Å². The molecule has 0 bridgehead atoms. The maximum Gasteiger partial charge on any atom is 0.231 e. The van der Waals surface area contributed by atoms with Crippen molar-refractivity contribution in [3.8, 4) is 0 Å². The van der Waals surface area contributed by atoms with E-state index in [1.54, 1.807) is 0 Å². The maximum absolute atomic E-state index is 10.7. The van der Waals surface area contributed by atoms with Gasteiger partial charge >= 0.3 is 0 Å². The molecule has 1 aliphatic rings. The van der Waals surface area contributed by atoms with Gasteiger partial charge in [-0.25, -0.2) is 0 Å². The average molecular weight is 200 g/mol. The molecule has 1 fully saturated rings. The molecule has 0 aromatic heterocycles. The predicted octanol–water partition coefficient (Wildman–Crippen LogP) is -1.56. The van der Waals surface area contributed by atoms with Crippen LogP contribution in [0.3, 0.4) is 0 Å². The third-order valence-electron chi connectivity index (χ3n) is 2.51. The van der Waals surface area contributed by atoms with Crippen LogP contribution in [0.2, 0.25) is 0 Å². The normalized spacial score (nSPS) is 20.6. The number of carbonyl (C=O) groups excluding carboxylic acids is 1. The molecule has 1 saturated heterocycles. The first-order valence-corrected chi connectivity index (χ1v) is 5.15. The topological polar surface area (TPSA) is 75.6 Å². The molecule has 1 heterocycles. The lowest BCUT2D eigenvalue weighted by atomic mass is 10.4. The van der Waals surface area contributed by atoms with Crippen LogP contribution in [0.1, 0.15) is 6.42 Å². The van der Waals surface area contributed by atoms with Gasteiger partial charge in [-0.1, -0.05) is 0 Å². The van der Waals surface area contributed by atoms with Gasteiger partial charge in [0.05, 0.1) is 6.54 Å². The van der Waals surface area contributed by atoms with Gasteiger partial charge in [-0.05, 0) is 19.5 Å². The first-order valence-electron chi connectivity index (χ1n) is 5.15. The molecule has 1 aliphatic heterocycles. The zero-order valence-electron chi connectivity index (χ0n) is 8.61. The van der Waals surface area contributed by atoms with Gasteiger partial charge in [0.25, 0.3) is 0 Å². The highest BCUT2D eigenvalue weighted by molar-refractivity contribution is 5.75. The Bertz CT molecular complexity index is 186. The van der Waals surface area contributed by atoms with Gasteiger partial charge in [0.15, 0.2) is 0 Å². The Morgan fingerprint density at radius 1 is 1.14 bits per heavy atom. The fourth-order valence-corrected chi connectivity index (χ4v) is 1.81. The number of nitrogens with zero attached hydrogens (tertiary/aromatic N) is 2. The van der Waals surface area contributed by atoms with E-state index in [4.69, 9.17) is 11.5 Å². The Morgan fingerprint density at radius 2 is 1.79 bits per heavy atom. The summed E-state index contributed by atoms with van der Waals surface area (Å²) in [6.45, 7) is 5.99. The molecule has 4 N–H and O–H groups in total. The standard InChI is InChI=1S/C9H20N4O/c10-2-5-12-3-1-4-13(7-6-12)8-9(11)14/h1-8,10H2,(H2,11,14). The molecular weight excluding hydrogens is 180 g/mol. The second-order valence-corrected chi connectivity index (χ2v) is 3.73. The summed E-state index contributed by atoms with van der Waals surface area (Å²) in [4.78, 5) is 15.2. The molecule has 5 nitrogen and oxygen atoms in total. The zero-order valence-corrected chi connectivity index (χ0v) is 8.61. The lowest BCUT2D eigenvalue weighted by molar-refractivity contribution is -0.119. The van der Waals surface area contributed by atoms with Crippen LogP contribution < -0.4 is 11.5 Å². The van der Waals surface area contributed by atoms with Crippen molar-refractivity contribution in [2.24, 2.45) is 11.5 Å². The fraction of sp³-hybridized carbons (Fsp3) is 0.889. The van der Waals surface area contributed by atoms with Gasteiger partial charge in [0.2, 0.25) is 5.91 Å². The molecule has 0 aromatic rings. The van der Waals surface area contributed by atoms with Crippen molar-refractivity contribution in [2.45, 2.75) is 6.42 Å². The highest BCUT2D eigenvalue weighted by atomic mass is 16.1. The first kappa shape index (κ1) is 11.4. The lowest BCUT2D eigenvalue weighted by Gasteiger charge is -2.19. The van der Waals surface area contributed by atoms with E-state index in [1.165, 1.54) is 0 Å². The Kier molecular flexibility index (Phi) is 4.86. The van der Waals surface area contributed by atoms with Gasteiger partial charge in [0, 0.05) is 26.2 Å². The largest absolute Gasteiger partial charge is 0.369 e. The van der Waals surface area contributed by atoms with Gasteiger partial charge in [-0.3, -0.25) is 9.69 Å². The van der Waals surface area contributed by atoms with Crippen molar-refractivity contribution in [2.75, 3.05) is 45.8 Å². The third-order valence-corrected chi connectivity index (χ3v) is 2.51. The van der Waals surface area contributed by atoms with Crippen LogP contribution in [-0.4, -0.2) is 61.5 Å². The zero-order chi connectivity index (χ0) is 10.4. The minimum absolute atomic E-state index is 0.239. The molecule has 0 spiro atoms. The van der Waals surface area contributed by atoms with Crippen molar-refractivity contribution in [1.29, 1.82) is 0 Å². The number of rotatable bonds is 4. The molecule has 1 amide bonds. The van der Waals surface area contributed by atoms with Crippen molar-refractivity contribution < 1.29 is 4.79 Å². The number of hydrogen-bond acceptors (Lipinski definition) is 4.